The van der Waals surface area contributed by atoms with E-state index in [2.05, 4.69) is 89.7 Å². The zero-order chi connectivity index (χ0) is 34.4. The van der Waals surface area contributed by atoms with Crippen LogP contribution in [0.5, 0.6) is 0 Å². The SMILES string of the molecule is CCCCCCC1=C(c2cc(CCCC)cc(CCCC)c2)[N+](=[N-])C(c2cc(CCCC)cc(CCCC)c2)=C1CCCC.[CH3][Ni][CH3].[Pd]. The number of unbranched alkanes of at least 4 members (excludes halogenated alkanes) is 8. The Kier molecular flexibility index (Phi) is 24.7. The fourth-order valence-electron chi connectivity index (χ4n) is 6.77. The molecule has 48 heavy (non-hydrogen) atoms. The van der Waals surface area contributed by atoms with Crippen molar-refractivity contribution in [3.63, 3.8) is 0 Å². The average molecular weight is 792 g/mol. The average Bonchev–Trinajstić information content (AvgIpc) is 3.35. The van der Waals surface area contributed by atoms with E-state index in [0.29, 0.717) is 0 Å². The van der Waals surface area contributed by atoms with Crippen molar-refractivity contribution in [3.8, 4) is 0 Å². The number of nitrogens with zero attached hydrogens (tertiary/aromatic N) is 2. The minimum Gasteiger partial charge on any atom is 0 e. The van der Waals surface area contributed by atoms with Gasteiger partial charge < -0.3 is 5.53 Å². The molecular weight excluding hydrogens is 722 g/mol. The largest absolute Gasteiger partial charge is 0 e. The summed E-state index contributed by atoms with van der Waals surface area (Å²) in [4.78, 5) is 0. The molecule has 0 saturated carbocycles. The maximum Gasteiger partial charge on any atom is 0 e. The summed E-state index contributed by atoms with van der Waals surface area (Å²) in [6.45, 7) is 13.7. The number of hydrogen-bond donors (Lipinski definition) is 0. The summed E-state index contributed by atoms with van der Waals surface area (Å²) in [5, 5.41) is 0. The van der Waals surface area contributed by atoms with Crippen LogP contribution in [0.1, 0.15) is 178 Å². The summed E-state index contributed by atoms with van der Waals surface area (Å²) in [6, 6.07) is 14.5. The molecular formula is C44H70N2NiPd. The van der Waals surface area contributed by atoms with Crippen LogP contribution in [-0.4, -0.2) is 4.70 Å². The Morgan fingerprint density at radius 1 is 0.438 bits per heavy atom. The van der Waals surface area contributed by atoms with E-state index in [1.54, 1.807) is 19.1 Å². The van der Waals surface area contributed by atoms with Crippen molar-refractivity contribution in [2.24, 2.45) is 0 Å². The molecule has 0 aromatic heterocycles. The maximum atomic E-state index is 12.4. The number of rotatable bonds is 22. The van der Waals surface area contributed by atoms with E-state index in [0.717, 1.165) is 62.8 Å². The molecule has 0 amide bonds. The zero-order valence-electron chi connectivity index (χ0n) is 32.1. The third kappa shape index (κ3) is 14.5. The zero-order valence-corrected chi connectivity index (χ0v) is 34.7. The predicted octanol–water partition coefficient (Wildman–Crippen LogP) is 14.6. The monoisotopic (exact) mass is 790 g/mol. The molecule has 1 heterocycles. The molecule has 0 atom stereocenters. The fourth-order valence-corrected chi connectivity index (χ4v) is 6.77. The molecule has 0 fully saturated rings. The number of hydrogen-bond acceptors (Lipinski definition) is 0. The Morgan fingerprint density at radius 3 is 1.04 bits per heavy atom. The van der Waals surface area contributed by atoms with Crippen LogP contribution in [0.4, 0.5) is 0 Å². The number of allylic oxidation sites excluding steroid dienone is 2. The van der Waals surface area contributed by atoms with E-state index in [1.807, 2.05) is 0 Å². The Labute approximate surface area is 317 Å². The van der Waals surface area contributed by atoms with E-state index in [4.69, 9.17) is 0 Å². The van der Waals surface area contributed by atoms with Gasteiger partial charge in [0, 0.05) is 42.7 Å². The molecule has 0 bridgehead atoms. The van der Waals surface area contributed by atoms with Gasteiger partial charge in [0.05, 0.1) is 0 Å². The maximum absolute atomic E-state index is 12.4. The van der Waals surface area contributed by atoms with E-state index in [-0.39, 0.29) is 20.4 Å². The van der Waals surface area contributed by atoms with Crippen molar-refractivity contribution < 1.29 is 39.6 Å². The Hall–Kier alpha value is -1.32. The first-order valence-corrected chi connectivity index (χ1v) is 21.3. The predicted molar refractivity (Wildman–Crippen MR) is 205 cm³/mol. The van der Waals surface area contributed by atoms with Crippen molar-refractivity contribution in [2.75, 3.05) is 0 Å². The van der Waals surface area contributed by atoms with E-state index in [1.165, 1.54) is 122 Å². The van der Waals surface area contributed by atoms with Crippen molar-refractivity contribution in [1.82, 2.24) is 0 Å². The second-order valence-electron chi connectivity index (χ2n) is 13.7. The molecule has 2 nitrogen and oxygen atoms in total. The Morgan fingerprint density at radius 2 is 0.729 bits per heavy atom. The minimum absolute atomic E-state index is 0. The van der Waals surface area contributed by atoms with Crippen LogP contribution in [0.25, 0.3) is 16.9 Å². The van der Waals surface area contributed by atoms with Gasteiger partial charge in [-0.3, -0.25) is 0 Å². The van der Waals surface area contributed by atoms with Crippen LogP contribution >= 0.6 is 0 Å². The minimum atomic E-state index is 0. The van der Waals surface area contributed by atoms with E-state index < -0.39 is 0 Å². The van der Waals surface area contributed by atoms with Crippen LogP contribution in [-0.2, 0) is 60.5 Å². The van der Waals surface area contributed by atoms with Crippen LogP contribution in [0.2, 0.25) is 11.8 Å². The molecule has 0 aliphatic carbocycles. The summed E-state index contributed by atoms with van der Waals surface area (Å²) in [6.07, 6.45) is 23.4. The second kappa shape index (κ2) is 26.5. The van der Waals surface area contributed by atoms with Gasteiger partial charge >= 0.3 is 26.2 Å². The van der Waals surface area contributed by atoms with Crippen LogP contribution in [0, 0.1) is 0 Å². The second-order valence-corrected chi connectivity index (χ2v) is 14.7. The van der Waals surface area contributed by atoms with Gasteiger partial charge in [-0.2, -0.15) is 0 Å². The molecule has 2 aromatic carbocycles. The summed E-state index contributed by atoms with van der Waals surface area (Å²) in [7, 11) is 0. The molecule has 1 aliphatic rings. The van der Waals surface area contributed by atoms with Crippen molar-refractivity contribution >= 4 is 11.4 Å². The summed E-state index contributed by atoms with van der Waals surface area (Å²) in [5.41, 5.74) is 25.4. The van der Waals surface area contributed by atoms with Crippen LogP contribution in [0.3, 0.4) is 0 Å². The standard InChI is InChI=1S/C42H64N2.2CH3.Ni.Pd/c1-7-13-19-20-26-40-39(25-18-12-6)41(37-29-33(21-14-8-2)27-34(30-37)22-15-9-3)44(43)42(40)38-31-35(23-16-10-4)28-36(32-38)24-17-11-5;;;;/h27-32H,7-26H2,1-6H3;2*1H3;;. The molecule has 2 aromatic rings. The van der Waals surface area contributed by atoms with Gasteiger partial charge in [0.25, 0.3) is 0 Å². The first-order valence-electron chi connectivity index (χ1n) is 19.4. The van der Waals surface area contributed by atoms with Gasteiger partial charge in [-0.25, -0.2) is 4.70 Å². The number of benzene rings is 2. The normalized spacial score (nSPS) is 12.9. The summed E-state index contributed by atoms with van der Waals surface area (Å²) in [5.74, 6) is 4.12. The van der Waals surface area contributed by atoms with E-state index >= 15 is 0 Å². The van der Waals surface area contributed by atoms with Gasteiger partial charge in [-0.05, 0) is 124 Å². The van der Waals surface area contributed by atoms with Crippen LogP contribution < -0.4 is 0 Å². The molecule has 0 unspecified atom stereocenters. The number of aryl methyl sites for hydroxylation is 4. The first-order chi connectivity index (χ1) is 22.9. The molecule has 1 aliphatic heterocycles. The third-order valence-corrected chi connectivity index (χ3v) is 9.35. The Balaban J connectivity index is 0.00000277. The van der Waals surface area contributed by atoms with Crippen molar-refractivity contribution in [2.45, 2.75) is 182 Å². The first kappa shape index (κ1) is 44.7. The molecule has 0 radical (unpaired) electrons. The van der Waals surface area contributed by atoms with Crippen LogP contribution in [0.15, 0.2) is 47.5 Å². The Bertz CT molecular complexity index is 1220. The molecule has 0 saturated heterocycles. The fraction of sp³-hybridized carbons (Fsp3) is 0.636. The smallest absolute Gasteiger partial charge is 0 e. The topological polar surface area (TPSA) is 25.3 Å². The molecule has 3 rings (SSSR count). The van der Waals surface area contributed by atoms with Gasteiger partial charge in [0.15, 0.2) is 0 Å². The summed E-state index contributed by atoms with van der Waals surface area (Å²) >= 11 is 1.62. The van der Waals surface area contributed by atoms with Gasteiger partial charge in [-0.1, -0.05) is 105 Å². The van der Waals surface area contributed by atoms with Gasteiger partial charge in [-0.15, -0.1) is 0 Å². The summed E-state index contributed by atoms with van der Waals surface area (Å²) < 4.78 is 1.64. The van der Waals surface area contributed by atoms with Crippen molar-refractivity contribution in [3.05, 3.63) is 86.5 Å². The van der Waals surface area contributed by atoms with Gasteiger partial charge in [0.2, 0.25) is 11.4 Å². The quantitative estimate of drug-likeness (QED) is 0.0645. The molecule has 276 valence electrons. The molecule has 0 spiro atoms. The van der Waals surface area contributed by atoms with Gasteiger partial charge in [0.1, 0.15) is 0 Å². The molecule has 0 N–H and O–H groups in total. The van der Waals surface area contributed by atoms with E-state index in [9.17, 15) is 5.53 Å². The third-order valence-electron chi connectivity index (χ3n) is 9.35. The molecule has 4 heteroatoms. The van der Waals surface area contributed by atoms with Crippen molar-refractivity contribution in [1.29, 1.82) is 0 Å².